The van der Waals surface area contributed by atoms with E-state index < -0.39 is 0 Å². The maximum absolute atomic E-state index is 4.38. The van der Waals surface area contributed by atoms with E-state index in [2.05, 4.69) is 65.6 Å². The number of rotatable bonds is 5. The first-order chi connectivity index (χ1) is 9.65. The maximum Gasteiger partial charge on any atom is 0.135 e. The topological polar surface area (TPSA) is 49.8 Å². The van der Waals surface area contributed by atoms with Gasteiger partial charge in [0.05, 0.1) is 0 Å². The summed E-state index contributed by atoms with van der Waals surface area (Å²) in [7, 11) is 1.88. The summed E-state index contributed by atoms with van der Waals surface area (Å²) in [6.07, 6.45) is 2.48. The molecular formula is C16H22N4. The fraction of sp³-hybridized carbons (Fsp3) is 0.375. The lowest BCUT2D eigenvalue weighted by Crippen LogP contribution is -2.12. The van der Waals surface area contributed by atoms with E-state index in [9.17, 15) is 0 Å². The van der Waals surface area contributed by atoms with Crippen LogP contribution in [0.25, 0.3) is 0 Å². The normalized spacial score (nSPS) is 12.0. The second kappa shape index (κ2) is 6.37. The molecule has 1 aromatic carbocycles. The molecule has 0 amide bonds. The number of hydrogen-bond donors (Lipinski definition) is 2. The highest BCUT2D eigenvalue weighted by atomic mass is 15.1. The van der Waals surface area contributed by atoms with Gasteiger partial charge < -0.3 is 10.6 Å². The lowest BCUT2D eigenvalue weighted by molar-refractivity contribution is 0.862. The summed E-state index contributed by atoms with van der Waals surface area (Å²) in [5.74, 6) is 1.79. The molecule has 1 aromatic heterocycles. The Bertz CT molecular complexity index is 563. The molecule has 1 heterocycles. The third-order valence-electron chi connectivity index (χ3n) is 3.47. The predicted molar refractivity (Wildman–Crippen MR) is 84.2 cm³/mol. The Hall–Kier alpha value is -2.10. The summed E-state index contributed by atoms with van der Waals surface area (Å²) in [5, 5.41) is 6.60. The van der Waals surface area contributed by atoms with Crippen molar-refractivity contribution in [3.05, 3.63) is 47.3 Å². The van der Waals surface area contributed by atoms with E-state index in [0.717, 1.165) is 23.6 Å². The van der Waals surface area contributed by atoms with Gasteiger partial charge in [0.15, 0.2) is 0 Å². The van der Waals surface area contributed by atoms with Crippen LogP contribution in [0.3, 0.4) is 0 Å². The molecular weight excluding hydrogens is 248 g/mol. The molecule has 0 saturated heterocycles. The molecule has 0 aliphatic heterocycles. The largest absolute Gasteiger partial charge is 0.373 e. The van der Waals surface area contributed by atoms with Gasteiger partial charge in [-0.05, 0) is 25.8 Å². The van der Waals surface area contributed by atoms with Gasteiger partial charge in [-0.15, -0.1) is 0 Å². The second-order valence-corrected chi connectivity index (χ2v) is 4.93. The van der Waals surface area contributed by atoms with E-state index in [1.807, 2.05) is 7.05 Å². The zero-order valence-electron chi connectivity index (χ0n) is 12.6. The van der Waals surface area contributed by atoms with E-state index >= 15 is 0 Å². The molecule has 2 rings (SSSR count). The summed E-state index contributed by atoms with van der Waals surface area (Å²) in [6, 6.07) is 8.78. The van der Waals surface area contributed by atoms with Crippen molar-refractivity contribution in [3.63, 3.8) is 0 Å². The Kier molecular flexibility index (Phi) is 4.56. The van der Waals surface area contributed by atoms with Gasteiger partial charge in [-0.3, -0.25) is 0 Å². The zero-order chi connectivity index (χ0) is 14.5. The van der Waals surface area contributed by atoms with E-state index in [1.165, 1.54) is 11.1 Å². The van der Waals surface area contributed by atoms with Crippen LogP contribution in [0.15, 0.2) is 30.6 Å². The second-order valence-electron chi connectivity index (χ2n) is 4.93. The van der Waals surface area contributed by atoms with Gasteiger partial charge in [-0.25, -0.2) is 9.97 Å². The molecule has 1 atom stereocenters. The lowest BCUT2D eigenvalue weighted by atomic mass is 10.1. The Morgan fingerprint density at radius 1 is 1.10 bits per heavy atom. The number of aromatic nitrogens is 2. The fourth-order valence-corrected chi connectivity index (χ4v) is 2.23. The molecule has 0 saturated carbocycles. The Labute approximate surface area is 120 Å². The van der Waals surface area contributed by atoms with Crippen LogP contribution in [0, 0.1) is 6.92 Å². The maximum atomic E-state index is 4.38. The molecule has 0 fully saturated rings. The lowest BCUT2D eigenvalue weighted by Gasteiger charge is -2.18. The zero-order valence-corrected chi connectivity index (χ0v) is 12.6. The fourth-order valence-electron chi connectivity index (χ4n) is 2.23. The molecule has 4 heteroatoms. The average Bonchev–Trinajstić information content (AvgIpc) is 2.47. The summed E-state index contributed by atoms with van der Waals surface area (Å²) in [5.41, 5.74) is 3.64. The molecule has 0 spiro atoms. The first-order valence-electron chi connectivity index (χ1n) is 7.00. The van der Waals surface area contributed by atoms with Crippen molar-refractivity contribution in [3.8, 4) is 0 Å². The minimum atomic E-state index is 0.209. The van der Waals surface area contributed by atoms with Crippen LogP contribution in [-0.2, 0) is 6.42 Å². The molecule has 4 nitrogen and oxygen atoms in total. The molecule has 0 radical (unpaired) electrons. The monoisotopic (exact) mass is 270 g/mol. The number of nitrogens with one attached hydrogen (secondary N) is 2. The molecule has 0 bridgehead atoms. The molecule has 1 unspecified atom stereocenters. The van der Waals surface area contributed by atoms with Crippen LogP contribution in [0.4, 0.5) is 11.6 Å². The minimum Gasteiger partial charge on any atom is -0.373 e. The SMILES string of the molecule is CCc1c(NC)ncnc1NC(C)c1ccc(C)cc1. The van der Waals surface area contributed by atoms with Crippen molar-refractivity contribution in [1.29, 1.82) is 0 Å². The first-order valence-corrected chi connectivity index (χ1v) is 7.00. The highest BCUT2D eigenvalue weighted by Gasteiger charge is 2.12. The van der Waals surface area contributed by atoms with E-state index in [4.69, 9.17) is 0 Å². The first kappa shape index (κ1) is 14.3. The van der Waals surface area contributed by atoms with Crippen molar-refractivity contribution in [2.75, 3.05) is 17.7 Å². The van der Waals surface area contributed by atoms with Gasteiger partial charge in [0, 0.05) is 18.7 Å². The average molecular weight is 270 g/mol. The Morgan fingerprint density at radius 3 is 2.35 bits per heavy atom. The Balaban J connectivity index is 2.23. The van der Waals surface area contributed by atoms with Gasteiger partial charge in [-0.2, -0.15) is 0 Å². The Morgan fingerprint density at radius 2 is 1.75 bits per heavy atom. The van der Waals surface area contributed by atoms with E-state index in [1.54, 1.807) is 6.33 Å². The van der Waals surface area contributed by atoms with Gasteiger partial charge in [0.1, 0.15) is 18.0 Å². The van der Waals surface area contributed by atoms with Crippen LogP contribution in [-0.4, -0.2) is 17.0 Å². The van der Waals surface area contributed by atoms with Crippen molar-refractivity contribution < 1.29 is 0 Å². The number of anilines is 2. The van der Waals surface area contributed by atoms with Crippen molar-refractivity contribution in [2.24, 2.45) is 0 Å². The summed E-state index contributed by atoms with van der Waals surface area (Å²) >= 11 is 0. The third-order valence-corrected chi connectivity index (χ3v) is 3.47. The van der Waals surface area contributed by atoms with Crippen molar-refractivity contribution in [2.45, 2.75) is 33.2 Å². The van der Waals surface area contributed by atoms with Crippen LogP contribution in [0.1, 0.15) is 36.6 Å². The number of nitrogens with zero attached hydrogens (tertiary/aromatic N) is 2. The molecule has 2 aromatic rings. The molecule has 0 aliphatic carbocycles. The van der Waals surface area contributed by atoms with Gasteiger partial charge in [-0.1, -0.05) is 36.8 Å². The van der Waals surface area contributed by atoms with Crippen LogP contribution >= 0.6 is 0 Å². The molecule has 106 valence electrons. The molecule has 20 heavy (non-hydrogen) atoms. The van der Waals surface area contributed by atoms with Gasteiger partial charge >= 0.3 is 0 Å². The number of hydrogen-bond acceptors (Lipinski definition) is 4. The predicted octanol–water partition coefficient (Wildman–Crippen LogP) is 3.56. The summed E-state index contributed by atoms with van der Waals surface area (Å²) in [4.78, 5) is 8.64. The van der Waals surface area contributed by atoms with Crippen LogP contribution in [0.5, 0.6) is 0 Å². The minimum absolute atomic E-state index is 0.209. The highest BCUT2D eigenvalue weighted by Crippen LogP contribution is 2.24. The summed E-state index contributed by atoms with van der Waals surface area (Å²) in [6.45, 7) is 6.35. The van der Waals surface area contributed by atoms with Gasteiger partial charge in [0.2, 0.25) is 0 Å². The van der Waals surface area contributed by atoms with Crippen molar-refractivity contribution in [1.82, 2.24) is 9.97 Å². The van der Waals surface area contributed by atoms with Gasteiger partial charge in [0.25, 0.3) is 0 Å². The quantitative estimate of drug-likeness (QED) is 0.872. The molecule has 0 aliphatic rings. The van der Waals surface area contributed by atoms with Crippen LogP contribution < -0.4 is 10.6 Å². The standard InChI is InChI=1S/C16H22N4/c1-5-14-15(17-4)18-10-19-16(14)20-12(3)13-8-6-11(2)7-9-13/h6-10,12H,5H2,1-4H3,(H2,17,18,19,20). The summed E-state index contributed by atoms with van der Waals surface area (Å²) < 4.78 is 0. The van der Waals surface area contributed by atoms with E-state index in [0.29, 0.717) is 0 Å². The number of benzene rings is 1. The van der Waals surface area contributed by atoms with E-state index in [-0.39, 0.29) is 6.04 Å². The smallest absolute Gasteiger partial charge is 0.135 e. The molecule has 2 N–H and O–H groups in total. The third kappa shape index (κ3) is 3.07. The highest BCUT2D eigenvalue weighted by molar-refractivity contribution is 5.57. The van der Waals surface area contributed by atoms with Crippen molar-refractivity contribution >= 4 is 11.6 Å². The van der Waals surface area contributed by atoms with Crippen LogP contribution in [0.2, 0.25) is 0 Å². The number of aryl methyl sites for hydroxylation is 1.